The van der Waals surface area contributed by atoms with Gasteiger partial charge in [0, 0.05) is 0 Å². The predicted octanol–water partition coefficient (Wildman–Crippen LogP) is 0.796. The van der Waals surface area contributed by atoms with Crippen LogP contribution in [0.5, 0.6) is 0 Å². The van der Waals surface area contributed by atoms with E-state index in [2.05, 4.69) is 104 Å². The van der Waals surface area contributed by atoms with Gasteiger partial charge in [0.15, 0.2) is 0 Å². The standard InChI is InChI=1S/C13H9.C12H11.2ClH.Zr/c1-3-7-12-10(5-1)9-11-6-2-4-8-13(11)12;1-10-7-8-12(9-10)11-5-3-2-4-6-11;;;/h1-9H;2-6,8-10H,1H3;2*1H;/q2*-1;;;+4/p-2. The number of halogens is 2. The summed E-state index contributed by atoms with van der Waals surface area (Å²) in [6.45, 7) is 2.15. The molecule has 0 aromatic heterocycles. The van der Waals surface area contributed by atoms with Crippen LogP contribution in [0.1, 0.15) is 12.5 Å². The van der Waals surface area contributed by atoms with Crippen molar-refractivity contribution < 1.29 is 51.0 Å². The molecule has 1 aliphatic rings. The molecule has 0 bridgehead atoms. The number of benzene rings is 3. The Morgan fingerprint density at radius 1 is 0.714 bits per heavy atom. The molecule has 0 N–H and O–H groups in total. The Morgan fingerprint density at radius 2 is 1.21 bits per heavy atom. The molecule has 0 saturated carbocycles. The summed E-state index contributed by atoms with van der Waals surface area (Å²) in [6.07, 6.45) is 7.55. The minimum absolute atomic E-state index is 0. The first-order valence-electron chi connectivity index (χ1n) is 8.71. The normalized spacial score (nSPS) is 14.2. The zero-order valence-electron chi connectivity index (χ0n) is 15.6. The van der Waals surface area contributed by atoms with Gasteiger partial charge in [0.25, 0.3) is 0 Å². The van der Waals surface area contributed by atoms with Crippen molar-refractivity contribution in [2.75, 3.05) is 0 Å². The number of hydrogen-bond acceptors (Lipinski definition) is 0. The van der Waals surface area contributed by atoms with Crippen LogP contribution in [0.25, 0.3) is 27.1 Å². The molecular weight excluding hydrogens is 462 g/mol. The Bertz CT molecular complexity index is 1010. The van der Waals surface area contributed by atoms with Crippen LogP contribution < -0.4 is 24.8 Å². The molecule has 3 heteroatoms. The maximum atomic E-state index is 3.25. The first kappa shape index (κ1) is 24.5. The van der Waals surface area contributed by atoms with E-state index >= 15 is 0 Å². The Kier molecular flexibility index (Phi) is 10.0. The fourth-order valence-electron chi connectivity index (χ4n) is 3.30. The molecule has 4 aromatic carbocycles. The van der Waals surface area contributed by atoms with Crippen LogP contribution in [0.4, 0.5) is 0 Å². The van der Waals surface area contributed by atoms with Gasteiger partial charge in [-0.1, -0.05) is 79.6 Å². The fourth-order valence-corrected chi connectivity index (χ4v) is 3.30. The van der Waals surface area contributed by atoms with Crippen molar-refractivity contribution >= 4 is 27.1 Å². The number of rotatable bonds is 1. The molecule has 0 nitrogen and oxygen atoms in total. The predicted molar refractivity (Wildman–Crippen MR) is 108 cm³/mol. The van der Waals surface area contributed by atoms with E-state index in [1.54, 1.807) is 0 Å². The van der Waals surface area contributed by atoms with E-state index in [1.165, 1.54) is 32.7 Å². The molecule has 0 fully saturated rings. The monoisotopic (exact) mass is 480 g/mol. The zero-order valence-corrected chi connectivity index (χ0v) is 19.5. The van der Waals surface area contributed by atoms with Crippen LogP contribution in [0.15, 0.2) is 97.1 Å². The number of fused-ring (bicyclic) bond motifs is 3. The van der Waals surface area contributed by atoms with E-state index in [-0.39, 0.29) is 51.0 Å². The molecule has 0 aliphatic heterocycles. The molecule has 1 aliphatic carbocycles. The Hall–Kier alpha value is -1.53. The molecule has 0 saturated heterocycles. The molecule has 28 heavy (non-hydrogen) atoms. The summed E-state index contributed by atoms with van der Waals surface area (Å²) in [7, 11) is 0. The second-order valence-electron chi connectivity index (χ2n) is 6.41. The average molecular weight is 483 g/mol. The van der Waals surface area contributed by atoms with Crippen LogP contribution in [0.3, 0.4) is 0 Å². The summed E-state index contributed by atoms with van der Waals surface area (Å²) in [6, 6.07) is 29.7. The van der Waals surface area contributed by atoms with Gasteiger partial charge in [-0.15, -0.1) is 45.3 Å². The van der Waals surface area contributed by atoms with Gasteiger partial charge in [0.1, 0.15) is 0 Å². The number of hydrogen-bond donors (Lipinski definition) is 0. The van der Waals surface area contributed by atoms with Gasteiger partial charge < -0.3 is 24.8 Å². The van der Waals surface area contributed by atoms with E-state index in [0.717, 1.165) is 0 Å². The Balaban J connectivity index is 0.000000254. The summed E-state index contributed by atoms with van der Waals surface area (Å²) in [5.74, 6) is 0.472. The third kappa shape index (κ3) is 5.51. The summed E-state index contributed by atoms with van der Waals surface area (Å²) < 4.78 is 0. The second-order valence-corrected chi connectivity index (χ2v) is 6.41. The van der Waals surface area contributed by atoms with Gasteiger partial charge in [0.2, 0.25) is 0 Å². The van der Waals surface area contributed by atoms with Crippen molar-refractivity contribution in [3.8, 4) is 0 Å². The van der Waals surface area contributed by atoms with Crippen LogP contribution in [-0.2, 0) is 26.2 Å². The maximum absolute atomic E-state index is 3.25. The molecular formula is C25H20Cl2Zr. The molecule has 0 radical (unpaired) electrons. The van der Waals surface area contributed by atoms with Crippen molar-refractivity contribution in [2.45, 2.75) is 6.92 Å². The van der Waals surface area contributed by atoms with Crippen molar-refractivity contribution in [3.05, 3.63) is 109 Å². The molecule has 5 rings (SSSR count). The summed E-state index contributed by atoms with van der Waals surface area (Å²) in [5.41, 5.74) is 2.58. The zero-order chi connectivity index (χ0) is 17.1. The van der Waals surface area contributed by atoms with E-state index in [0.29, 0.717) is 5.92 Å². The topological polar surface area (TPSA) is 0 Å². The fraction of sp³-hybridized carbons (Fsp3) is 0.0800. The third-order valence-corrected chi connectivity index (χ3v) is 4.56. The molecule has 0 amide bonds. The molecule has 1 unspecified atom stereocenters. The van der Waals surface area contributed by atoms with Gasteiger partial charge in [-0.05, 0) is 0 Å². The minimum atomic E-state index is 0. The molecule has 138 valence electrons. The minimum Gasteiger partial charge on any atom is -1.00 e. The smallest absolute Gasteiger partial charge is 1.00 e. The second kappa shape index (κ2) is 11.5. The summed E-state index contributed by atoms with van der Waals surface area (Å²) in [4.78, 5) is 0. The SMILES string of the molecule is CC1[C-]=CC(c2ccccc2)=C1.[Cl-].[Cl-].[Zr+4].c1ccc2c(c1)[cH-]c1ccccc12. The van der Waals surface area contributed by atoms with Gasteiger partial charge in [0.05, 0.1) is 0 Å². The van der Waals surface area contributed by atoms with Gasteiger partial charge in [-0.3, -0.25) is 6.08 Å². The molecule has 4 aromatic rings. The van der Waals surface area contributed by atoms with Gasteiger partial charge in [-0.25, -0.2) is 6.08 Å². The molecule has 0 spiro atoms. The van der Waals surface area contributed by atoms with Crippen molar-refractivity contribution in [1.29, 1.82) is 0 Å². The quantitative estimate of drug-likeness (QED) is 0.352. The van der Waals surface area contributed by atoms with E-state index in [1.807, 2.05) is 6.07 Å². The van der Waals surface area contributed by atoms with Crippen LogP contribution >= 0.6 is 0 Å². The Morgan fingerprint density at radius 3 is 1.71 bits per heavy atom. The van der Waals surface area contributed by atoms with E-state index in [9.17, 15) is 0 Å². The first-order chi connectivity index (χ1) is 12.3. The van der Waals surface area contributed by atoms with Crippen LogP contribution in [0, 0.1) is 12.0 Å². The van der Waals surface area contributed by atoms with Crippen LogP contribution in [0.2, 0.25) is 0 Å². The van der Waals surface area contributed by atoms with Gasteiger partial charge in [-0.2, -0.15) is 11.6 Å². The first-order valence-corrected chi connectivity index (χ1v) is 8.71. The number of allylic oxidation sites excluding steroid dienone is 4. The largest absolute Gasteiger partial charge is 4.00 e. The third-order valence-electron chi connectivity index (χ3n) is 4.56. The average Bonchev–Trinajstić information content (AvgIpc) is 3.26. The van der Waals surface area contributed by atoms with Crippen molar-refractivity contribution in [1.82, 2.24) is 0 Å². The van der Waals surface area contributed by atoms with Crippen LogP contribution in [-0.4, -0.2) is 0 Å². The van der Waals surface area contributed by atoms with E-state index in [4.69, 9.17) is 0 Å². The Labute approximate surface area is 198 Å². The summed E-state index contributed by atoms with van der Waals surface area (Å²) in [5, 5.41) is 5.39. The molecule has 0 heterocycles. The van der Waals surface area contributed by atoms with E-state index < -0.39 is 0 Å². The van der Waals surface area contributed by atoms with Crippen molar-refractivity contribution in [3.63, 3.8) is 0 Å². The molecule has 1 atom stereocenters. The summed E-state index contributed by atoms with van der Waals surface area (Å²) >= 11 is 0. The van der Waals surface area contributed by atoms with Crippen molar-refractivity contribution in [2.24, 2.45) is 5.92 Å². The van der Waals surface area contributed by atoms with Gasteiger partial charge >= 0.3 is 26.2 Å². The maximum Gasteiger partial charge on any atom is 4.00 e.